The number of imidazole rings is 1. The second-order valence-corrected chi connectivity index (χ2v) is 7.65. The van der Waals surface area contributed by atoms with Gasteiger partial charge in [-0.1, -0.05) is 46.1 Å². The van der Waals surface area contributed by atoms with Crippen LogP contribution in [0.4, 0.5) is 5.95 Å². The summed E-state index contributed by atoms with van der Waals surface area (Å²) in [5.41, 5.74) is 4.16. The zero-order chi connectivity index (χ0) is 27.3. The number of aliphatic imine (C=N–C) groups is 1. The van der Waals surface area contributed by atoms with Crippen LogP contribution in [0.15, 0.2) is 54.3 Å². The first-order valence-corrected chi connectivity index (χ1v) is 12.7. The molecule has 1 fully saturated rings. The fourth-order valence-electron chi connectivity index (χ4n) is 3.05. The summed E-state index contributed by atoms with van der Waals surface area (Å²) in [7, 11) is 2.15. The molecule has 3 N–H and O–H groups in total. The van der Waals surface area contributed by atoms with Gasteiger partial charge < -0.3 is 25.2 Å². The first kappa shape index (κ1) is 32.8. The number of aldehydes is 1. The summed E-state index contributed by atoms with van der Waals surface area (Å²) < 4.78 is 0. The lowest BCUT2D eigenvalue weighted by molar-refractivity contribution is -0.104. The van der Waals surface area contributed by atoms with Crippen molar-refractivity contribution in [2.75, 3.05) is 51.7 Å². The number of aromatic amines is 1. The molecule has 0 saturated carbocycles. The van der Waals surface area contributed by atoms with Gasteiger partial charge in [0, 0.05) is 45.5 Å². The summed E-state index contributed by atoms with van der Waals surface area (Å²) in [5, 5.41) is 11.1. The average Bonchev–Trinajstić information content (AvgIpc) is 3.32. The van der Waals surface area contributed by atoms with Gasteiger partial charge in [-0.15, -0.1) is 0 Å². The molecule has 0 spiro atoms. The highest BCUT2D eigenvalue weighted by Gasteiger charge is 2.14. The Morgan fingerprint density at radius 1 is 1.25 bits per heavy atom. The third-order valence-corrected chi connectivity index (χ3v) is 5.01. The molecule has 0 bridgehead atoms. The standard InChI is InChI=1S/C20H28N6.C3H8O.C3H4O.C2H6/c1-5-16(14-22-15(3)26-11-9-25(4)10-12-26)17-7-8-18-19(13-17)24-20(23-18)21-6-2;2*1-2-3-4;1-2/h5,7-8,13-14H,3,6,9-12H2,1-2,4H3,(H2,21,23,24);4H,2-3H2,1H3;2-3H,1H2;1-2H3/b16-5+,22-14-;;;. The Kier molecular flexibility index (Phi) is 18.2. The highest BCUT2D eigenvalue weighted by atomic mass is 16.2. The number of nitrogens with one attached hydrogen (secondary N) is 2. The minimum atomic E-state index is 0.319. The van der Waals surface area contributed by atoms with E-state index in [2.05, 4.69) is 75.4 Å². The lowest BCUT2D eigenvalue weighted by atomic mass is 10.1. The molecule has 0 amide bonds. The molecule has 0 radical (unpaired) electrons. The number of allylic oxidation sites excluding steroid dienone is 3. The van der Waals surface area contributed by atoms with Crippen LogP contribution in [0.5, 0.6) is 0 Å². The second-order valence-electron chi connectivity index (χ2n) is 7.65. The minimum Gasteiger partial charge on any atom is -0.396 e. The van der Waals surface area contributed by atoms with Crippen molar-refractivity contribution in [2.24, 2.45) is 4.99 Å². The van der Waals surface area contributed by atoms with E-state index in [1.54, 1.807) is 0 Å². The first-order chi connectivity index (χ1) is 17.4. The van der Waals surface area contributed by atoms with Crippen LogP contribution < -0.4 is 5.32 Å². The summed E-state index contributed by atoms with van der Waals surface area (Å²) in [6.45, 7) is 22.5. The summed E-state index contributed by atoms with van der Waals surface area (Å²) in [4.78, 5) is 26.1. The van der Waals surface area contributed by atoms with Crippen LogP contribution in [-0.2, 0) is 4.79 Å². The number of rotatable bonds is 8. The van der Waals surface area contributed by atoms with E-state index in [4.69, 9.17) is 9.90 Å². The summed E-state index contributed by atoms with van der Waals surface area (Å²) in [5.74, 6) is 1.63. The molecular weight excluding hydrogens is 452 g/mol. The number of fused-ring (bicyclic) bond motifs is 1. The van der Waals surface area contributed by atoms with E-state index < -0.39 is 0 Å². The third-order valence-electron chi connectivity index (χ3n) is 5.01. The van der Waals surface area contributed by atoms with Crippen LogP contribution in [0, 0.1) is 0 Å². The number of aliphatic hydroxyl groups excluding tert-OH is 1. The molecule has 1 saturated heterocycles. The lowest BCUT2D eigenvalue weighted by Crippen LogP contribution is -2.43. The lowest BCUT2D eigenvalue weighted by Gasteiger charge is -2.33. The fourth-order valence-corrected chi connectivity index (χ4v) is 3.05. The summed E-state index contributed by atoms with van der Waals surface area (Å²) in [6.07, 6.45) is 6.69. The van der Waals surface area contributed by atoms with Crippen LogP contribution >= 0.6 is 0 Å². The van der Waals surface area contributed by atoms with Crippen molar-refractivity contribution in [3.8, 4) is 0 Å². The number of piperazine rings is 1. The number of aliphatic hydroxyl groups is 1. The van der Waals surface area contributed by atoms with E-state index in [9.17, 15) is 0 Å². The molecule has 0 unspecified atom stereocenters. The SMILES string of the molecule is C=C(/N=C\C(=C/C)c1ccc2nc(NCC)[nH]c2c1)N1CCN(C)CC1.C=CC=O.CC.CCCO. The van der Waals surface area contributed by atoms with Gasteiger partial charge in [0.1, 0.15) is 12.1 Å². The molecule has 200 valence electrons. The van der Waals surface area contributed by atoms with Crippen molar-refractivity contribution >= 4 is 35.1 Å². The molecule has 36 heavy (non-hydrogen) atoms. The Bertz CT molecular complexity index is 948. The van der Waals surface area contributed by atoms with Crippen molar-refractivity contribution < 1.29 is 9.90 Å². The van der Waals surface area contributed by atoms with Gasteiger partial charge in [0.05, 0.1) is 11.0 Å². The predicted octanol–water partition coefficient (Wildman–Crippen LogP) is 4.97. The van der Waals surface area contributed by atoms with Crippen molar-refractivity contribution in [1.29, 1.82) is 0 Å². The van der Waals surface area contributed by atoms with E-state index in [1.165, 1.54) is 6.08 Å². The zero-order valence-corrected chi connectivity index (χ0v) is 23.0. The number of H-pyrrole nitrogens is 1. The van der Waals surface area contributed by atoms with Gasteiger partial charge >= 0.3 is 0 Å². The zero-order valence-electron chi connectivity index (χ0n) is 23.0. The largest absolute Gasteiger partial charge is 0.396 e. The molecule has 1 aliphatic rings. The molecule has 2 aromatic rings. The molecule has 8 nitrogen and oxygen atoms in total. The number of carbonyl (C=O) groups is 1. The van der Waals surface area contributed by atoms with Crippen LogP contribution in [0.25, 0.3) is 16.6 Å². The Balaban J connectivity index is 0.00000106. The minimum absolute atomic E-state index is 0.319. The van der Waals surface area contributed by atoms with Gasteiger partial charge in [-0.3, -0.25) is 4.79 Å². The number of likely N-dealkylation sites (N-methyl/N-ethyl adjacent to an activating group) is 1. The van der Waals surface area contributed by atoms with Gasteiger partial charge in [-0.05, 0) is 56.7 Å². The van der Waals surface area contributed by atoms with Gasteiger partial charge in [0.25, 0.3) is 0 Å². The highest BCUT2D eigenvalue weighted by molar-refractivity contribution is 6.10. The quantitative estimate of drug-likeness (QED) is 0.270. The molecule has 8 heteroatoms. The Labute approximate surface area is 217 Å². The van der Waals surface area contributed by atoms with Crippen molar-refractivity contribution in [2.45, 2.75) is 41.0 Å². The maximum Gasteiger partial charge on any atom is 0.201 e. The maximum absolute atomic E-state index is 9.06. The number of aromatic nitrogens is 2. The third kappa shape index (κ3) is 12.0. The second kappa shape index (κ2) is 20.0. The Morgan fingerprint density at radius 3 is 2.36 bits per heavy atom. The van der Waals surface area contributed by atoms with Gasteiger partial charge in [0.15, 0.2) is 0 Å². The van der Waals surface area contributed by atoms with E-state index in [0.29, 0.717) is 12.9 Å². The summed E-state index contributed by atoms with van der Waals surface area (Å²) >= 11 is 0. The molecule has 1 aliphatic heterocycles. The Hall–Kier alpha value is -3.23. The molecule has 0 atom stereocenters. The number of hydrogen-bond donors (Lipinski definition) is 3. The van der Waals surface area contributed by atoms with E-state index in [0.717, 1.165) is 73.1 Å². The number of anilines is 1. The number of hydrogen-bond acceptors (Lipinski definition) is 7. The smallest absolute Gasteiger partial charge is 0.201 e. The highest BCUT2D eigenvalue weighted by Crippen LogP contribution is 2.21. The molecule has 1 aromatic carbocycles. The predicted molar refractivity (Wildman–Crippen MR) is 156 cm³/mol. The number of benzene rings is 1. The first-order valence-electron chi connectivity index (χ1n) is 12.7. The van der Waals surface area contributed by atoms with Crippen molar-refractivity contribution in [1.82, 2.24) is 19.8 Å². The molecule has 3 rings (SSSR count). The summed E-state index contributed by atoms with van der Waals surface area (Å²) in [6, 6.07) is 6.23. The number of nitrogens with zero attached hydrogens (tertiary/aromatic N) is 4. The molecule has 0 aliphatic carbocycles. The monoisotopic (exact) mass is 498 g/mol. The maximum atomic E-state index is 9.06. The molecule has 2 heterocycles. The topological polar surface area (TPSA) is 96.9 Å². The molecular formula is C28H46N6O2. The van der Waals surface area contributed by atoms with Gasteiger partial charge in [0.2, 0.25) is 5.95 Å². The van der Waals surface area contributed by atoms with Crippen LogP contribution in [0.1, 0.15) is 46.6 Å². The normalized spacial score (nSPS) is 13.5. The van der Waals surface area contributed by atoms with E-state index in [-0.39, 0.29) is 0 Å². The van der Waals surface area contributed by atoms with Gasteiger partial charge in [-0.2, -0.15) is 0 Å². The van der Waals surface area contributed by atoms with Crippen LogP contribution in [0.3, 0.4) is 0 Å². The van der Waals surface area contributed by atoms with E-state index in [1.807, 2.05) is 40.0 Å². The Morgan fingerprint density at radius 2 is 1.86 bits per heavy atom. The van der Waals surface area contributed by atoms with Crippen molar-refractivity contribution in [3.05, 3.63) is 54.9 Å². The average molecular weight is 499 g/mol. The van der Waals surface area contributed by atoms with Crippen LogP contribution in [0.2, 0.25) is 0 Å². The van der Waals surface area contributed by atoms with Crippen molar-refractivity contribution in [3.63, 3.8) is 0 Å². The van der Waals surface area contributed by atoms with E-state index >= 15 is 0 Å². The van der Waals surface area contributed by atoms with Gasteiger partial charge in [-0.25, -0.2) is 9.98 Å². The molecule has 1 aromatic heterocycles. The van der Waals surface area contributed by atoms with Crippen LogP contribution in [-0.4, -0.2) is 83.8 Å². The number of carbonyl (C=O) groups excluding carboxylic acids is 1. The fraction of sp³-hybridized carbons (Fsp3) is 0.464.